The van der Waals surface area contributed by atoms with Crippen molar-refractivity contribution in [2.24, 2.45) is 0 Å². The predicted molar refractivity (Wildman–Crippen MR) is 98.6 cm³/mol. The van der Waals surface area contributed by atoms with Crippen LogP contribution in [0.2, 0.25) is 5.02 Å². The zero-order valence-corrected chi connectivity index (χ0v) is 15.1. The number of halogens is 2. The number of aromatic nitrogens is 1. The minimum absolute atomic E-state index is 0.216. The van der Waals surface area contributed by atoms with Crippen molar-refractivity contribution in [3.05, 3.63) is 75.5 Å². The topological polar surface area (TPSA) is 71.1 Å². The van der Waals surface area contributed by atoms with Gasteiger partial charge in [0, 0.05) is 10.6 Å². The van der Waals surface area contributed by atoms with Gasteiger partial charge >= 0.3 is 0 Å². The summed E-state index contributed by atoms with van der Waals surface area (Å²) >= 11 is 6.96. The van der Waals surface area contributed by atoms with Crippen molar-refractivity contribution in [3.63, 3.8) is 0 Å². The molecule has 0 radical (unpaired) electrons. The maximum Gasteiger partial charge on any atom is 0.281 e. The van der Waals surface area contributed by atoms with Crippen LogP contribution in [-0.4, -0.2) is 16.8 Å². The molecule has 8 heteroatoms. The molecule has 0 saturated carbocycles. The fourth-order valence-corrected chi connectivity index (χ4v) is 3.36. The molecule has 0 aliphatic heterocycles. The third kappa shape index (κ3) is 3.89. The molecule has 0 bridgehead atoms. The van der Waals surface area contributed by atoms with Gasteiger partial charge in [0.2, 0.25) is 0 Å². The average molecular weight is 390 g/mol. The fraction of sp³-hybridized carbons (Fsp3) is 0.0556. The standard InChI is InChI=1S/C18H13ClFN3O2S/c1-10-15(26-18(21-10)11-5-3-2-4-6-11)17(25)23-22-16(24)13-9-12(19)7-8-14(13)20/h2-9H,1H3,(H,22,24)(H,23,25). The molecule has 2 amide bonds. The van der Waals surface area contributed by atoms with Gasteiger partial charge in [0.15, 0.2) is 0 Å². The number of carbonyl (C=O) groups is 2. The number of nitrogens with zero attached hydrogens (tertiary/aromatic N) is 1. The number of nitrogens with one attached hydrogen (secondary N) is 2. The number of carbonyl (C=O) groups excluding carboxylic acids is 2. The van der Waals surface area contributed by atoms with E-state index in [4.69, 9.17) is 11.6 Å². The molecular weight excluding hydrogens is 377 g/mol. The largest absolute Gasteiger partial charge is 0.281 e. The molecule has 0 atom stereocenters. The van der Waals surface area contributed by atoms with E-state index < -0.39 is 17.6 Å². The monoisotopic (exact) mass is 389 g/mol. The van der Waals surface area contributed by atoms with Gasteiger partial charge in [-0.3, -0.25) is 20.4 Å². The lowest BCUT2D eigenvalue weighted by Crippen LogP contribution is -2.41. The number of hydrazine groups is 1. The van der Waals surface area contributed by atoms with Crippen LogP contribution in [0.15, 0.2) is 48.5 Å². The van der Waals surface area contributed by atoms with E-state index in [0.29, 0.717) is 15.6 Å². The molecule has 0 saturated heterocycles. The summed E-state index contributed by atoms with van der Waals surface area (Å²) in [5, 5.41) is 0.911. The van der Waals surface area contributed by atoms with E-state index in [1.807, 2.05) is 30.3 Å². The minimum atomic E-state index is -0.802. The van der Waals surface area contributed by atoms with E-state index in [1.165, 1.54) is 23.5 Å². The Balaban J connectivity index is 1.72. The molecule has 132 valence electrons. The number of rotatable bonds is 3. The second-order valence-corrected chi connectivity index (χ2v) is 6.77. The van der Waals surface area contributed by atoms with Gasteiger partial charge in [-0.15, -0.1) is 11.3 Å². The van der Waals surface area contributed by atoms with Crippen molar-refractivity contribution in [3.8, 4) is 10.6 Å². The van der Waals surface area contributed by atoms with E-state index in [0.717, 1.165) is 11.6 Å². The van der Waals surface area contributed by atoms with Gasteiger partial charge in [0.25, 0.3) is 11.8 Å². The van der Waals surface area contributed by atoms with Crippen molar-refractivity contribution >= 4 is 34.8 Å². The maximum absolute atomic E-state index is 13.7. The minimum Gasteiger partial charge on any atom is -0.267 e. The first kappa shape index (κ1) is 18.0. The number of hydrogen-bond donors (Lipinski definition) is 2. The summed E-state index contributed by atoms with van der Waals surface area (Å²) in [4.78, 5) is 29.1. The first-order chi connectivity index (χ1) is 12.5. The summed E-state index contributed by atoms with van der Waals surface area (Å²) in [6, 6.07) is 13.0. The third-order valence-corrected chi connectivity index (χ3v) is 4.93. The van der Waals surface area contributed by atoms with E-state index in [2.05, 4.69) is 15.8 Å². The van der Waals surface area contributed by atoms with Gasteiger partial charge in [0.1, 0.15) is 15.7 Å². The fourth-order valence-electron chi connectivity index (χ4n) is 2.22. The second-order valence-electron chi connectivity index (χ2n) is 5.33. The van der Waals surface area contributed by atoms with Crippen LogP contribution in [0.1, 0.15) is 25.7 Å². The highest BCUT2D eigenvalue weighted by atomic mass is 35.5. The Kier molecular flexibility index (Phi) is 5.29. The molecule has 5 nitrogen and oxygen atoms in total. The average Bonchev–Trinajstić information content (AvgIpc) is 3.04. The van der Waals surface area contributed by atoms with Crippen LogP contribution in [0.4, 0.5) is 4.39 Å². The Hall–Kier alpha value is -2.77. The molecule has 0 aliphatic rings. The molecule has 3 aromatic rings. The summed E-state index contributed by atoms with van der Waals surface area (Å²) in [7, 11) is 0. The summed E-state index contributed by atoms with van der Waals surface area (Å²) in [5.41, 5.74) is 5.62. The summed E-state index contributed by atoms with van der Waals surface area (Å²) in [5.74, 6) is -2.07. The SMILES string of the molecule is Cc1nc(-c2ccccc2)sc1C(=O)NNC(=O)c1cc(Cl)ccc1F. The molecule has 1 aromatic heterocycles. The van der Waals surface area contributed by atoms with E-state index in [-0.39, 0.29) is 10.6 Å². The lowest BCUT2D eigenvalue weighted by atomic mass is 10.2. The number of aryl methyl sites for hydroxylation is 1. The van der Waals surface area contributed by atoms with Crippen LogP contribution in [0.3, 0.4) is 0 Å². The van der Waals surface area contributed by atoms with Gasteiger partial charge in [-0.05, 0) is 25.1 Å². The molecule has 26 heavy (non-hydrogen) atoms. The molecule has 0 spiro atoms. The Labute approximate surface area is 157 Å². The second kappa shape index (κ2) is 7.63. The van der Waals surface area contributed by atoms with Crippen molar-refractivity contribution in [1.29, 1.82) is 0 Å². The van der Waals surface area contributed by atoms with Crippen molar-refractivity contribution in [2.45, 2.75) is 6.92 Å². The lowest BCUT2D eigenvalue weighted by molar-refractivity contribution is 0.0846. The van der Waals surface area contributed by atoms with E-state index in [9.17, 15) is 14.0 Å². The van der Waals surface area contributed by atoms with Crippen molar-refractivity contribution < 1.29 is 14.0 Å². The van der Waals surface area contributed by atoms with Crippen LogP contribution in [0.5, 0.6) is 0 Å². The predicted octanol–water partition coefficient (Wildman–Crippen LogP) is 3.99. The Morgan fingerprint density at radius 1 is 1.08 bits per heavy atom. The van der Waals surface area contributed by atoms with Gasteiger partial charge in [-0.25, -0.2) is 9.37 Å². The summed E-state index contributed by atoms with van der Waals surface area (Å²) in [6.07, 6.45) is 0. The Morgan fingerprint density at radius 3 is 2.50 bits per heavy atom. The van der Waals surface area contributed by atoms with E-state index in [1.54, 1.807) is 6.92 Å². The Morgan fingerprint density at radius 2 is 1.77 bits per heavy atom. The molecule has 0 fully saturated rings. The highest BCUT2D eigenvalue weighted by molar-refractivity contribution is 7.17. The first-order valence-electron chi connectivity index (χ1n) is 7.54. The summed E-state index contributed by atoms with van der Waals surface area (Å²) in [6.45, 7) is 1.70. The Bertz CT molecular complexity index is 976. The zero-order valence-electron chi connectivity index (χ0n) is 13.5. The number of thiazole rings is 1. The highest BCUT2D eigenvalue weighted by Crippen LogP contribution is 2.27. The van der Waals surface area contributed by atoms with Crippen LogP contribution >= 0.6 is 22.9 Å². The van der Waals surface area contributed by atoms with Crippen LogP contribution in [-0.2, 0) is 0 Å². The molecule has 2 N–H and O–H groups in total. The normalized spacial score (nSPS) is 10.4. The number of amides is 2. The van der Waals surface area contributed by atoms with Crippen LogP contribution < -0.4 is 10.9 Å². The van der Waals surface area contributed by atoms with Crippen LogP contribution in [0.25, 0.3) is 10.6 Å². The molecule has 2 aromatic carbocycles. The highest BCUT2D eigenvalue weighted by Gasteiger charge is 2.18. The van der Waals surface area contributed by atoms with Gasteiger partial charge in [-0.1, -0.05) is 41.9 Å². The quantitative estimate of drug-likeness (QED) is 0.665. The molecule has 0 unspecified atom stereocenters. The maximum atomic E-state index is 13.7. The number of benzene rings is 2. The summed E-state index contributed by atoms with van der Waals surface area (Å²) < 4.78 is 13.7. The van der Waals surface area contributed by atoms with Crippen LogP contribution in [0, 0.1) is 12.7 Å². The smallest absolute Gasteiger partial charge is 0.267 e. The van der Waals surface area contributed by atoms with Gasteiger partial charge in [-0.2, -0.15) is 0 Å². The molecule has 1 heterocycles. The lowest BCUT2D eigenvalue weighted by Gasteiger charge is -2.07. The first-order valence-corrected chi connectivity index (χ1v) is 8.73. The third-order valence-electron chi connectivity index (χ3n) is 3.49. The zero-order chi connectivity index (χ0) is 18.7. The van der Waals surface area contributed by atoms with Crippen molar-refractivity contribution in [2.75, 3.05) is 0 Å². The molecule has 0 aliphatic carbocycles. The van der Waals surface area contributed by atoms with Gasteiger partial charge < -0.3 is 0 Å². The van der Waals surface area contributed by atoms with Crippen molar-refractivity contribution in [1.82, 2.24) is 15.8 Å². The van der Waals surface area contributed by atoms with E-state index >= 15 is 0 Å². The van der Waals surface area contributed by atoms with Gasteiger partial charge in [0.05, 0.1) is 11.3 Å². The number of hydrogen-bond acceptors (Lipinski definition) is 4. The molecule has 3 rings (SSSR count). The molecular formula is C18H13ClFN3O2S.